The Bertz CT molecular complexity index is 836. The second kappa shape index (κ2) is 9.53. The average molecular weight is 389 g/mol. The molecule has 0 aliphatic rings. The van der Waals surface area contributed by atoms with Crippen LogP contribution >= 0.6 is 11.6 Å². The van der Waals surface area contributed by atoms with Gasteiger partial charge in [0.2, 0.25) is 5.91 Å². The molecule has 0 heterocycles. The number of nitrogens with one attached hydrogen (secondary N) is 1. The maximum atomic E-state index is 12.5. The Hall–Kier alpha value is -2.37. The molecule has 0 spiro atoms. The number of nitrogens with zero attached hydrogens (tertiary/aromatic N) is 1. The van der Waals surface area contributed by atoms with E-state index in [4.69, 9.17) is 16.3 Å². The molecular weight excluding hydrogens is 364 g/mol. The number of hydrogen-bond donors (Lipinski definition) is 1. The Kier molecular flexibility index (Phi) is 7.39. The molecular formula is C21H25ClN2O3. The maximum Gasteiger partial charge on any atom is 0.238 e. The van der Waals surface area contributed by atoms with Gasteiger partial charge in [-0.3, -0.25) is 14.5 Å². The van der Waals surface area contributed by atoms with Gasteiger partial charge in [-0.1, -0.05) is 24.6 Å². The monoisotopic (exact) mass is 388 g/mol. The number of carbonyl (C=O) groups is 2. The molecule has 1 amide bonds. The topological polar surface area (TPSA) is 58.6 Å². The quantitative estimate of drug-likeness (QED) is 0.684. The third-order valence-corrected chi connectivity index (χ3v) is 4.60. The van der Waals surface area contributed by atoms with Gasteiger partial charge in [0.05, 0.1) is 13.7 Å². The number of amides is 1. The van der Waals surface area contributed by atoms with E-state index in [1.807, 2.05) is 30.9 Å². The van der Waals surface area contributed by atoms with Gasteiger partial charge in [0.15, 0.2) is 5.78 Å². The number of rotatable bonds is 8. The van der Waals surface area contributed by atoms with E-state index in [2.05, 4.69) is 5.32 Å². The molecule has 6 heteroatoms. The normalized spacial score (nSPS) is 10.7. The molecule has 0 radical (unpaired) electrons. The lowest BCUT2D eigenvalue weighted by Gasteiger charge is -2.22. The van der Waals surface area contributed by atoms with Crippen molar-refractivity contribution in [2.45, 2.75) is 27.3 Å². The van der Waals surface area contributed by atoms with Crippen LogP contribution in [0.3, 0.4) is 0 Å². The van der Waals surface area contributed by atoms with Crippen molar-refractivity contribution < 1.29 is 14.3 Å². The molecule has 0 atom stereocenters. The molecule has 1 N–H and O–H groups in total. The van der Waals surface area contributed by atoms with Crippen molar-refractivity contribution in [1.82, 2.24) is 4.90 Å². The van der Waals surface area contributed by atoms with E-state index in [1.165, 1.54) is 6.92 Å². The van der Waals surface area contributed by atoms with Crippen LogP contribution in [0.1, 0.15) is 35.3 Å². The third-order valence-electron chi connectivity index (χ3n) is 4.37. The standard InChI is InChI=1S/C21H25ClN2O3/c1-5-24(12-17-10-16(15(3)25)7-9-20(17)27-4)13-21(26)23-19-11-18(22)8-6-14(19)2/h6-11H,5,12-13H2,1-4H3,(H,23,26). The number of anilines is 1. The number of halogens is 1. The fourth-order valence-electron chi connectivity index (χ4n) is 2.76. The molecule has 5 nitrogen and oxygen atoms in total. The molecule has 0 aromatic heterocycles. The lowest BCUT2D eigenvalue weighted by molar-refractivity contribution is -0.117. The highest BCUT2D eigenvalue weighted by atomic mass is 35.5. The van der Waals surface area contributed by atoms with E-state index in [0.717, 1.165) is 11.1 Å². The maximum absolute atomic E-state index is 12.5. The minimum absolute atomic E-state index is 0.00359. The summed E-state index contributed by atoms with van der Waals surface area (Å²) in [6.45, 7) is 6.83. The highest BCUT2D eigenvalue weighted by Crippen LogP contribution is 2.23. The third kappa shape index (κ3) is 5.81. The first-order valence-electron chi connectivity index (χ1n) is 8.80. The molecule has 0 saturated heterocycles. The van der Waals surface area contributed by atoms with Crippen LogP contribution in [-0.2, 0) is 11.3 Å². The summed E-state index contributed by atoms with van der Waals surface area (Å²) < 4.78 is 5.40. The summed E-state index contributed by atoms with van der Waals surface area (Å²) in [5, 5.41) is 3.49. The first-order chi connectivity index (χ1) is 12.8. The number of ketones is 1. The number of ether oxygens (including phenoxy) is 1. The molecule has 27 heavy (non-hydrogen) atoms. The van der Waals surface area contributed by atoms with Crippen LogP contribution in [0, 0.1) is 6.92 Å². The summed E-state index contributed by atoms with van der Waals surface area (Å²) in [4.78, 5) is 26.1. The van der Waals surface area contributed by atoms with Crippen LogP contribution < -0.4 is 10.1 Å². The first-order valence-corrected chi connectivity index (χ1v) is 9.18. The molecule has 144 valence electrons. The summed E-state index contributed by atoms with van der Waals surface area (Å²) in [6, 6.07) is 10.8. The summed E-state index contributed by atoms with van der Waals surface area (Å²) in [6.07, 6.45) is 0. The summed E-state index contributed by atoms with van der Waals surface area (Å²) >= 11 is 6.01. The van der Waals surface area contributed by atoms with Crippen molar-refractivity contribution in [3.8, 4) is 5.75 Å². The lowest BCUT2D eigenvalue weighted by Crippen LogP contribution is -2.33. The number of Topliss-reactive ketones (excluding diaryl/α,β-unsaturated/α-hetero) is 1. The smallest absolute Gasteiger partial charge is 0.238 e. The number of carbonyl (C=O) groups excluding carboxylic acids is 2. The Morgan fingerprint density at radius 1 is 1.19 bits per heavy atom. The highest BCUT2D eigenvalue weighted by molar-refractivity contribution is 6.31. The number of likely N-dealkylation sites (N-methyl/N-ethyl adjacent to an activating group) is 1. The minimum atomic E-state index is -0.121. The van der Waals surface area contributed by atoms with Crippen LogP contribution in [0.5, 0.6) is 5.75 Å². The predicted octanol–water partition coefficient (Wildman–Crippen LogP) is 4.32. The second-order valence-corrected chi connectivity index (χ2v) is 6.83. The van der Waals surface area contributed by atoms with Crippen molar-refractivity contribution >= 4 is 29.0 Å². The Balaban J connectivity index is 2.11. The molecule has 0 aliphatic carbocycles. The molecule has 0 unspecified atom stereocenters. The van der Waals surface area contributed by atoms with Crippen molar-refractivity contribution in [3.05, 3.63) is 58.1 Å². The van der Waals surface area contributed by atoms with E-state index < -0.39 is 0 Å². The summed E-state index contributed by atoms with van der Waals surface area (Å²) in [7, 11) is 1.59. The van der Waals surface area contributed by atoms with Gasteiger partial charge in [-0.05, 0) is 56.3 Å². The Morgan fingerprint density at radius 3 is 2.56 bits per heavy atom. The van der Waals surface area contributed by atoms with E-state index in [-0.39, 0.29) is 18.2 Å². The minimum Gasteiger partial charge on any atom is -0.496 e. The van der Waals surface area contributed by atoms with Gasteiger partial charge in [0.25, 0.3) is 0 Å². The molecule has 0 saturated carbocycles. The fourth-order valence-corrected chi connectivity index (χ4v) is 2.94. The molecule has 2 rings (SSSR count). The van der Waals surface area contributed by atoms with Crippen molar-refractivity contribution in [3.63, 3.8) is 0 Å². The number of methoxy groups -OCH3 is 1. The lowest BCUT2D eigenvalue weighted by atomic mass is 10.1. The van der Waals surface area contributed by atoms with Crippen LogP contribution in [0.25, 0.3) is 0 Å². The van der Waals surface area contributed by atoms with E-state index in [0.29, 0.717) is 35.1 Å². The second-order valence-electron chi connectivity index (χ2n) is 6.39. The van der Waals surface area contributed by atoms with E-state index >= 15 is 0 Å². The van der Waals surface area contributed by atoms with Gasteiger partial charge in [-0.2, -0.15) is 0 Å². The molecule has 0 fully saturated rings. The molecule has 0 bridgehead atoms. The fraction of sp³-hybridized carbons (Fsp3) is 0.333. The number of benzene rings is 2. The van der Waals surface area contributed by atoms with Gasteiger partial charge in [-0.15, -0.1) is 0 Å². The predicted molar refractivity (Wildman–Crippen MR) is 109 cm³/mol. The zero-order valence-corrected chi connectivity index (χ0v) is 16.9. The van der Waals surface area contributed by atoms with Gasteiger partial charge >= 0.3 is 0 Å². The number of aryl methyl sites for hydroxylation is 1. The van der Waals surface area contributed by atoms with Gasteiger partial charge in [-0.25, -0.2) is 0 Å². The molecule has 0 aliphatic heterocycles. The largest absolute Gasteiger partial charge is 0.496 e. The van der Waals surface area contributed by atoms with Crippen LogP contribution in [0.4, 0.5) is 5.69 Å². The Labute approximate surface area is 165 Å². The highest BCUT2D eigenvalue weighted by Gasteiger charge is 2.15. The first kappa shape index (κ1) is 20.9. The van der Waals surface area contributed by atoms with Crippen LogP contribution in [0.15, 0.2) is 36.4 Å². The zero-order chi connectivity index (χ0) is 20.0. The number of hydrogen-bond acceptors (Lipinski definition) is 4. The van der Waals surface area contributed by atoms with Crippen molar-refractivity contribution in [1.29, 1.82) is 0 Å². The van der Waals surface area contributed by atoms with Gasteiger partial charge in [0, 0.05) is 28.4 Å². The van der Waals surface area contributed by atoms with Gasteiger partial charge < -0.3 is 10.1 Å². The van der Waals surface area contributed by atoms with Crippen LogP contribution in [0.2, 0.25) is 5.02 Å². The Morgan fingerprint density at radius 2 is 1.93 bits per heavy atom. The van der Waals surface area contributed by atoms with E-state index in [9.17, 15) is 9.59 Å². The molecule has 2 aromatic carbocycles. The zero-order valence-electron chi connectivity index (χ0n) is 16.1. The SMILES string of the molecule is CCN(CC(=O)Nc1cc(Cl)ccc1C)Cc1cc(C(C)=O)ccc1OC. The average Bonchev–Trinajstić information content (AvgIpc) is 2.63. The summed E-state index contributed by atoms with van der Waals surface area (Å²) in [5.74, 6) is 0.574. The van der Waals surface area contributed by atoms with Crippen LogP contribution in [-0.4, -0.2) is 36.8 Å². The molecule has 2 aromatic rings. The van der Waals surface area contributed by atoms with Crippen molar-refractivity contribution in [2.24, 2.45) is 0 Å². The van der Waals surface area contributed by atoms with Crippen molar-refractivity contribution in [2.75, 3.05) is 25.5 Å². The van der Waals surface area contributed by atoms with E-state index in [1.54, 1.807) is 31.4 Å². The van der Waals surface area contributed by atoms with Gasteiger partial charge in [0.1, 0.15) is 5.75 Å². The summed E-state index contributed by atoms with van der Waals surface area (Å²) in [5.41, 5.74) is 3.16.